The fourth-order valence-electron chi connectivity index (χ4n) is 1.63. The molecule has 0 spiro atoms. The van der Waals surface area contributed by atoms with E-state index in [2.05, 4.69) is 18.3 Å². The van der Waals surface area contributed by atoms with Crippen molar-refractivity contribution in [1.82, 2.24) is 4.90 Å². The van der Waals surface area contributed by atoms with Gasteiger partial charge in [0.2, 0.25) is 6.54 Å². The second-order valence-electron chi connectivity index (χ2n) is 3.93. The highest BCUT2D eigenvalue weighted by Crippen LogP contribution is 1.94. The van der Waals surface area contributed by atoms with Gasteiger partial charge in [-0.1, -0.05) is 17.3 Å². The molecular formula is C14H18N3O2+. The lowest BCUT2D eigenvalue weighted by atomic mass is 10.3. The molecule has 0 saturated heterocycles. The predicted octanol–water partition coefficient (Wildman–Crippen LogP) is 0.983. The van der Waals surface area contributed by atoms with Crippen molar-refractivity contribution in [3.63, 3.8) is 0 Å². The lowest BCUT2D eigenvalue weighted by Gasteiger charge is -2.17. The Kier molecular flexibility index (Phi) is 6.02. The lowest BCUT2D eigenvalue weighted by Crippen LogP contribution is -2.44. The molecule has 0 radical (unpaired) electrons. The largest absolute Gasteiger partial charge is 0.411 e. The quantitative estimate of drug-likeness (QED) is 0.261. The van der Waals surface area contributed by atoms with Crippen molar-refractivity contribution in [2.45, 2.75) is 6.54 Å². The molecule has 1 heterocycles. The smallest absolute Gasteiger partial charge is 0.289 e. The van der Waals surface area contributed by atoms with Crippen molar-refractivity contribution in [3.8, 4) is 0 Å². The first-order valence-corrected chi connectivity index (χ1v) is 5.87. The summed E-state index contributed by atoms with van der Waals surface area (Å²) in [5, 5.41) is 11.4. The van der Waals surface area contributed by atoms with Gasteiger partial charge >= 0.3 is 0 Å². The van der Waals surface area contributed by atoms with Crippen molar-refractivity contribution in [1.29, 1.82) is 0 Å². The summed E-state index contributed by atoms with van der Waals surface area (Å²) in [6, 6.07) is 3.57. The van der Waals surface area contributed by atoms with E-state index in [0.29, 0.717) is 13.1 Å². The lowest BCUT2D eigenvalue weighted by molar-refractivity contribution is -0.685. The maximum Gasteiger partial charge on any atom is 0.289 e. The number of rotatable bonds is 7. The van der Waals surface area contributed by atoms with E-state index >= 15 is 0 Å². The molecule has 0 fully saturated rings. The molecule has 0 aliphatic heterocycles. The molecule has 0 aliphatic carbocycles. The van der Waals surface area contributed by atoms with Gasteiger partial charge in [0.1, 0.15) is 0 Å². The average Bonchev–Trinajstić information content (AvgIpc) is 2.39. The first kappa shape index (κ1) is 14.6. The van der Waals surface area contributed by atoms with Gasteiger partial charge in [-0.25, -0.2) is 0 Å². The molecule has 0 bridgehead atoms. The first-order valence-electron chi connectivity index (χ1n) is 5.87. The third-order valence-corrected chi connectivity index (χ3v) is 2.46. The molecule has 1 amide bonds. The van der Waals surface area contributed by atoms with Gasteiger partial charge in [-0.15, -0.1) is 13.2 Å². The SMILES string of the molecule is C=CCN(CC=C)C(=O)C[n+]1cccc(/C=N\O)c1. The number of hydrogen-bond donors (Lipinski definition) is 1. The van der Waals surface area contributed by atoms with Crippen LogP contribution in [0.1, 0.15) is 5.56 Å². The molecule has 0 atom stereocenters. The number of nitrogens with zero attached hydrogens (tertiary/aromatic N) is 3. The van der Waals surface area contributed by atoms with Gasteiger partial charge in [-0.05, 0) is 6.07 Å². The molecule has 1 aromatic rings. The van der Waals surface area contributed by atoms with Crippen LogP contribution < -0.4 is 4.57 Å². The van der Waals surface area contributed by atoms with Crippen molar-refractivity contribution < 1.29 is 14.6 Å². The van der Waals surface area contributed by atoms with E-state index in [1.165, 1.54) is 6.21 Å². The summed E-state index contributed by atoms with van der Waals surface area (Å²) in [6.45, 7) is 8.46. The molecule has 0 aromatic carbocycles. The Morgan fingerprint density at radius 3 is 2.68 bits per heavy atom. The first-order chi connectivity index (χ1) is 9.21. The van der Waals surface area contributed by atoms with Crippen molar-refractivity contribution in [3.05, 3.63) is 55.4 Å². The Morgan fingerprint density at radius 2 is 2.11 bits per heavy atom. The molecule has 1 N–H and O–H groups in total. The summed E-state index contributed by atoms with van der Waals surface area (Å²) in [4.78, 5) is 13.7. The molecule has 0 unspecified atom stereocenters. The molecule has 0 aliphatic rings. The zero-order chi connectivity index (χ0) is 14.1. The zero-order valence-electron chi connectivity index (χ0n) is 10.8. The van der Waals surface area contributed by atoms with Crippen molar-refractivity contribution in [2.75, 3.05) is 13.1 Å². The number of carbonyl (C=O) groups excluding carboxylic acids is 1. The Bertz CT molecular complexity index is 473. The second-order valence-corrected chi connectivity index (χ2v) is 3.93. The van der Waals surface area contributed by atoms with Gasteiger partial charge in [-0.3, -0.25) is 4.79 Å². The van der Waals surface area contributed by atoms with Crippen LogP contribution in [-0.4, -0.2) is 35.3 Å². The molecule has 5 nitrogen and oxygen atoms in total. The maximum atomic E-state index is 12.1. The van der Waals surface area contributed by atoms with Crippen LogP contribution in [0, 0.1) is 0 Å². The minimum atomic E-state index is -0.0251. The fourth-order valence-corrected chi connectivity index (χ4v) is 1.63. The summed E-state index contributed by atoms with van der Waals surface area (Å²) in [6.07, 6.45) is 8.19. The predicted molar refractivity (Wildman–Crippen MR) is 73.0 cm³/mol. The van der Waals surface area contributed by atoms with Crippen LogP contribution in [0.4, 0.5) is 0 Å². The molecule has 100 valence electrons. The van der Waals surface area contributed by atoms with Crippen LogP contribution in [0.2, 0.25) is 0 Å². The van der Waals surface area contributed by atoms with E-state index in [1.807, 2.05) is 0 Å². The summed E-state index contributed by atoms with van der Waals surface area (Å²) in [5.41, 5.74) is 0.719. The number of oxime groups is 1. The highest BCUT2D eigenvalue weighted by molar-refractivity contribution is 5.78. The third-order valence-electron chi connectivity index (χ3n) is 2.46. The zero-order valence-corrected chi connectivity index (χ0v) is 10.8. The third kappa shape index (κ3) is 4.75. The highest BCUT2D eigenvalue weighted by atomic mass is 16.4. The van der Waals surface area contributed by atoms with Crippen LogP contribution in [0.25, 0.3) is 0 Å². The number of pyridine rings is 1. The van der Waals surface area contributed by atoms with E-state index in [1.54, 1.807) is 46.1 Å². The molecule has 1 aromatic heterocycles. The minimum absolute atomic E-state index is 0.0251. The van der Waals surface area contributed by atoms with Crippen LogP contribution in [0.5, 0.6) is 0 Å². The van der Waals surface area contributed by atoms with Crippen molar-refractivity contribution >= 4 is 12.1 Å². The second kappa shape index (κ2) is 7.81. The Labute approximate surface area is 112 Å². The number of carbonyl (C=O) groups is 1. The van der Waals surface area contributed by atoms with E-state index in [9.17, 15) is 4.79 Å². The van der Waals surface area contributed by atoms with Crippen LogP contribution in [0.3, 0.4) is 0 Å². The van der Waals surface area contributed by atoms with Crippen LogP contribution >= 0.6 is 0 Å². The normalized spacial score (nSPS) is 10.3. The highest BCUT2D eigenvalue weighted by Gasteiger charge is 2.15. The van der Waals surface area contributed by atoms with Gasteiger partial charge in [-0.2, -0.15) is 4.57 Å². The van der Waals surface area contributed by atoms with E-state index < -0.39 is 0 Å². The summed E-state index contributed by atoms with van der Waals surface area (Å²) < 4.78 is 1.73. The Hall–Kier alpha value is -2.43. The van der Waals surface area contributed by atoms with Gasteiger partial charge in [0, 0.05) is 19.2 Å². The van der Waals surface area contributed by atoms with Gasteiger partial charge in [0.15, 0.2) is 12.4 Å². The Morgan fingerprint density at radius 1 is 1.42 bits per heavy atom. The van der Waals surface area contributed by atoms with Crippen LogP contribution in [0.15, 0.2) is 55.0 Å². The number of amides is 1. The molecule has 19 heavy (non-hydrogen) atoms. The topological polar surface area (TPSA) is 56.8 Å². The van der Waals surface area contributed by atoms with Gasteiger partial charge in [0.05, 0.1) is 11.8 Å². The van der Waals surface area contributed by atoms with Gasteiger partial charge < -0.3 is 10.1 Å². The molecule has 0 saturated carbocycles. The summed E-state index contributed by atoms with van der Waals surface area (Å²) in [7, 11) is 0. The van der Waals surface area contributed by atoms with Crippen LogP contribution in [-0.2, 0) is 11.3 Å². The summed E-state index contributed by atoms with van der Waals surface area (Å²) in [5.74, 6) is -0.0251. The van der Waals surface area contributed by atoms with E-state index in [-0.39, 0.29) is 12.5 Å². The Balaban J connectivity index is 2.76. The fraction of sp³-hybridized carbons (Fsp3) is 0.214. The summed E-state index contributed by atoms with van der Waals surface area (Å²) >= 11 is 0. The number of aromatic nitrogens is 1. The standard InChI is InChI=1S/C14H17N3O2/c1-3-7-17(8-4-2)14(18)12-16-9-5-6-13(11-16)10-15-19/h3-6,9-11H,1-2,7-8,12H2/p+1/b15-10-. The van der Waals surface area contributed by atoms with E-state index in [0.717, 1.165) is 5.56 Å². The molecular weight excluding hydrogens is 242 g/mol. The maximum absolute atomic E-state index is 12.1. The minimum Gasteiger partial charge on any atom is -0.411 e. The molecule has 1 rings (SSSR count). The van der Waals surface area contributed by atoms with E-state index in [4.69, 9.17) is 5.21 Å². The average molecular weight is 260 g/mol. The number of hydrogen-bond acceptors (Lipinski definition) is 3. The molecule has 5 heteroatoms. The monoisotopic (exact) mass is 260 g/mol. The van der Waals surface area contributed by atoms with Crippen molar-refractivity contribution in [2.24, 2.45) is 5.16 Å². The van der Waals surface area contributed by atoms with Gasteiger partial charge in [0.25, 0.3) is 5.91 Å².